The smallest absolute Gasteiger partial charge is 0.241 e. The van der Waals surface area contributed by atoms with Crippen molar-refractivity contribution < 1.29 is 33.3 Å². The van der Waals surface area contributed by atoms with E-state index in [0.29, 0.717) is 65.9 Å². The molecule has 0 radical (unpaired) electrons. The molecule has 0 spiro atoms. The third kappa shape index (κ3) is 11.6. The van der Waals surface area contributed by atoms with Crippen LogP contribution in [0.1, 0.15) is 16.7 Å². The number of nitrogens with zero attached hydrogens (tertiary/aromatic N) is 9. The van der Waals surface area contributed by atoms with Crippen molar-refractivity contribution in [2.24, 2.45) is 4.99 Å². The van der Waals surface area contributed by atoms with Gasteiger partial charge in [0.25, 0.3) is 0 Å². The molecule has 2 fully saturated rings. The van der Waals surface area contributed by atoms with Gasteiger partial charge in [0.05, 0.1) is 44.1 Å². The van der Waals surface area contributed by atoms with Crippen molar-refractivity contribution in [3.8, 4) is 22.8 Å². The normalized spacial score (nSPS) is 15.3. The summed E-state index contributed by atoms with van der Waals surface area (Å²) < 4.78 is 29.7. The van der Waals surface area contributed by atoms with Gasteiger partial charge in [0.2, 0.25) is 11.8 Å². The van der Waals surface area contributed by atoms with Gasteiger partial charge < -0.3 is 43.3 Å². The lowest BCUT2D eigenvalue weighted by Crippen LogP contribution is -2.48. The number of aromatic nitrogens is 4. The van der Waals surface area contributed by atoms with Crippen molar-refractivity contribution in [3.05, 3.63) is 89.7 Å². The van der Waals surface area contributed by atoms with Crippen molar-refractivity contribution in [1.29, 1.82) is 0 Å². The summed E-state index contributed by atoms with van der Waals surface area (Å²) in [5.74, 6) is 3.36. The van der Waals surface area contributed by atoms with Crippen LogP contribution >= 0.6 is 0 Å². The summed E-state index contributed by atoms with van der Waals surface area (Å²) in [5, 5.41) is 5.92. The Morgan fingerprint density at radius 3 is 1.88 bits per heavy atom. The van der Waals surface area contributed by atoms with Crippen molar-refractivity contribution in [2.45, 2.75) is 39.0 Å². The number of rotatable bonds is 17. The largest absolute Gasteiger partial charge is 0.491 e. The molecule has 2 aromatic carbocycles. The Hall–Kier alpha value is -5.88. The number of amides is 2. The van der Waals surface area contributed by atoms with Crippen LogP contribution in [0.15, 0.2) is 78.0 Å². The zero-order valence-electron chi connectivity index (χ0n) is 38.2. The Balaban J connectivity index is 0.000000197. The Kier molecular flexibility index (Phi) is 15.3. The highest BCUT2D eigenvalue weighted by Gasteiger charge is 2.25. The Labute approximate surface area is 376 Å². The third-order valence-electron chi connectivity index (χ3n) is 11.4. The molecule has 8 rings (SSSR count). The predicted molar refractivity (Wildman–Crippen MR) is 252 cm³/mol. The van der Waals surface area contributed by atoms with Gasteiger partial charge in [-0.25, -0.2) is 14.6 Å². The van der Waals surface area contributed by atoms with Crippen LogP contribution in [0.25, 0.3) is 22.2 Å². The Morgan fingerprint density at radius 1 is 0.672 bits per heavy atom. The molecule has 2 saturated heterocycles. The maximum Gasteiger partial charge on any atom is 0.241 e. The SMILES string of the molecule is COCCOc1ccc2c(c1)C(c1ccnc(N3CCN(C)C(=O)C3)c1)=NC2.COCCOc1ccc2c(c1)c(-c1ccnc(N3CCN(C)C(=O)C3)c1)nn2COCC[Si](C)(C)C. The topological polar surface area (TPSA) is 149 Å². The van der Waals surface area contributed by atoms with Gasteiger partial charge in [-0.2, -0.15) is 5.10 Å². The van der Waals surface area contributed by atoms with Crippen LogP contribution in [0, 0.1) is 0 Å². The van der Waals surface area contributed by atoms with Crippen molar-refractivity contribution in [3.63, 3.8) is 0 Å². The number of likely N-dealkylation sites (N-methyl/N-ethyl adjacent to an activating group) is 2. The molecule has 6 heterocycles. The Bertz CT molecular complexity index is 2440. The van der Waals surface area contributed by atoms with E-state index < -0.39 is 8.07 Å². The minimum Gasteiger partial charge on any atom is -0.491 e. The zero-order chi connectivity index (χ0) is 45.2. The fourth-order valence-corrected chi connectivity index (χ4v) is 8.22. The highest BCUT2D eigenvalue weighted by atomic mass is 28.3. The number of aliphatic imine (C=N–C) groups is 1. The lowest BCUT2D eigenvalue weighted by molar-refractivity contribution is -0.130. The van der Waals surface area contributed by atoms with E-state index in [0.717, 1.165) is 87.9 Å². The molecule has 3 aliphatic rings. The van der Waals surface area contributed by atoms with Gasteiger partial charge in [-0.1, -0.05) is 25.7 Å². The number of carbonyl (C=O) groups excluding carboxylic acids is 2. The average molecular weight is 892 g/mol. The summed E-state index contributed by atoms with van der Waals surface area (Å²) in [6.45, 7) is 14.4. The van der Waals surface area contributed by atoms with Crippen molar-refractivity contribution in [1.82, 2.24) is 29.5 Å². The number of piperazine rings is 2. The molecular weight excluding hydrogens is 831 g/mol. The van der Waals surface area contributed by atoms with Crippen LogP contribution in [-0.4, -0.2) is 156 Å². The second kappa shape index (κ2) is 21.2. The summed E-state index contributed by atoms with van der Waals surface area (Å²) >= 11 is 0. The number of anilines is 2. The van der Waals surface area contributed by atoms with E-state index in [2.05, 4.69) is 35.7 Å². The van der Waals surface area contributed by atoms with Crippen LogP contribution in [0.3, 0.4) is 0 Å². The van der Waals surface area contributed by atoms with E-state index in [1.54, 1.807) is 36.4 Å². The fourth-order valence-electron chi connectivity index (χ4n) is 7.46. The van der Waals surface area contributed by atoms with E-state index in [9.17, 15) is 9.59 Å². The van der Waals surface area contributed by atoms with E-state index in [-0.39, 0.29) is 11.8 Å². The van der Waals surface area contributed by atoms with Crippen molar-refractivity contribution >= 4 is 48.1 Å². The molecule has 0 saturated carbocycles. The number of ether oxygens (including phenoxy) is 5. The zero-order valence-corrected chi connectivity index (χ0v) is 39.2. The first-order valence-electron chi connectivity index (χ1n) is 21.8. The standard InChI is InChI=1S/C26H37N5O4Si.C21H24N4O3/c1-29-10-11-30(18-25(29)32)24-16-20(8-9-27-24)26-22-17-21(35-13-12-33-2)6-7-23(22)31(28-26)19-34-14-15-36(3,4)5;1-24-7-8-25(14-20(24)26)19-11-15(5-6-22-19)21-18-12-17(28-10-9-27-2)4-3-16(18)13-23-21/h6-9,16-17H,10-15,18-19H2,1-5H3;3-6,11-12H,7-10,13-14H2,1-2H3. The van der Waals surface area contributed by atoms with E-state index in [4.69, 9.17) is 33.8 Å². The molecule has 0 unspecified atom stereocenters. The molecule has 17 heteroatoms. The molecule has 0 atom stereocenters. The molecular formula is C47H61N9O7Si. The van der Waals surface area contributed by atoms with Gasteiger partial charge in [-0.15, -0.1) is 0 Å². The lowest BCUT2D eigenvalue weighted by atomic mass is 10.0. The number of hydrogen-bond donors (Lipinski definition) is 0. The quantitative estimate of drug-likeness (QED) is 0.0864. The third-order valence-corrected chi connectivity index (χ3v) is 13.1. The lowest BCUT2D eigenvalue weighted by Gasteiger charge is -2.32. The van der Waals surface area contributed by atoms with E-state index in [1.807, 2.05) is 83.2 Å². The molecule has 64 heavy (non-hydrogen) atoms. The first-order chi connectivity index (χ1) is 30.9. The van der Waals surface area contributed by atoms with Gasteiger partial charge in [0.1, 0.15) is 48.8 Å². The van der Waals surface area contributed by atoms with Gasteiger partial charge in [-0.3, -0.25) is 14.6 Å². The predicted octanol–water partition coefficient (Wildman–Crippen LogP) is 5.45. The van der Waals surface area contributed by atoms with Gasteiger partial charge >= 0.3 is 0 Å². The molecule has 340 valence electrons. The molecule has 16 nitrogen and oxygen atoms in total. The minimum atomic E-state index is -1.17. The first kappa shape index (κ1) is 46.1. The monoisotopic (exact) mass is 891 g/mol. The molecule has 0 aliphatic carbocycles. The maximum atomic E-state index is 12.3. The van der Waals surface area contributed by atoms with Crippen LogP contribution in [-0.2, 0) is 37.1 Å². The summed E-state index contributed by atoms with van der Waals surface area (Å²) in [4.78, 5) is 45.6. The Morgan fingerprint density at radius 2 is 1.27 bits per heavy atom. The van der Waals surface area contributed by atoms with Crippen LogP contribution in [0.4, 0.5) is 11.6 Å². The van der Waals surface area contributed by atoms with Gasteiger partial charge in [0, 0.05) is 104 Å². The number of benzene rings is 2. The molecule has 5 aromatic rings. The first-order valence-corrected chi connectivity index (χ1v) is 25.5. The summed E-state index contributed by atoms with van der Waals surface area (Å²) in [6.07, 6.45) is 3.56. The molecule has 3 aromatic heterocycles. The minimum absolute atomic E-state index is 0.0940. The van der Waals surface area contributed by atoms with Gasteiger partial charge in [0.15, 0.2) is 0 Å². The maximum absolute atomic E-state index is 12.3. The highest BCUT2D eigenvalue weighted by molar-refractivity contribution is 6.76. The molecule has 2 amide bonds. The second-order valence-electron chi connectivity index (χ2n) is 17.3. The summed E-state index contributed by atoms with van der Waals surface area (Å²) in [6, 6.07) is 21.1. The van der Waals surface area contributed by atoms with Crippen LogP contribution in [0.5, 0.6) is 11.5 Å². The van der Waals surface area contributed by atoms with E-state index >= 15 is 0 Å². The number of fused-ring (bicyclic) bond motifs is 2. The molecule has 3 aliphatic heterocycles. The number of methoxy groups -OCH3 is 2. The number of pyridine rings is 2. The molecule has 0 N–H and O–H groups in total. The summed E-state index contributed by atoms with van der Waals surface area (Å²) in [7, 11) is 5.81. The van der Waals surface area contributed by atoms with Crippen LogP contribution in [0.2, 0.25) is 25.7 Å². The number of carbonyl (C=O) groups is 2. The second-order valence-corrected chi connectivity index (χ2v) is 22.9. The van der Waals surface area contributed by atoms with Crippen molar-refractivity contribution in [2.75, 3.05) is 110 Å². The highest BCUT2D eigenvalue weighted by Crippen LogP contribution is 2.33. The summed E-state index contributed by atoms with van der Waals surface area (Å²) in [5.41, 5.74) is 6.96. The molecule has 0 bridgehead atoms. The van der Waals surface area contributed by atoms with E-state index in [1.165, 1.54) is 5.56 Å². The fraction of sp³-hybridized carbons (Fsp3) is 0.447. The number of hydrogen-bond acceptors (Lipinski definition) is 13. The van der Waals surface area contributed by atoms with Gasteiger partial charge in [-0.05, 0) is 66.2 Å². The van der Waals surface area contributed by atoms with Crippen LogP contribution < -0.4 is 19.3 Å². The average Bonchev–Trinajstić information content (AvgIpc) is 3.88.